The van der Waals surface area contributed by atoms with E-state index in [1.54, 1.807) is 0 Å². The van der Waals surface area contributed by atoms with Gasteiger partial charge in [0.15, 0.2) is 0 Å². The zero-order chi connectivity index (χ0) is 16.4. The summed E-state index contributed by atoms with van der Waals surface area (Å²) in [4.78, 5) is 6.79. The van der Waals surface area contributed by atoms with Gasteiger partial charge in [0, 0.05) is 17.9 Å². The van der Waals surface area contributed by atoms with Crippen LogP contribution in [0.25, 0.3) is 5.78 Å². The topological polar surface area (TPSA) is 38.4 Å². The molecule has 0 fully saturated rings. The van der Waals surface area contributed by atoms with Gasteiger partial charge in [-0.25, -0.2) is 9.67 Å². The Bertz CT molecular complexity index is 866. The third kappa shape index (κ3) is 3.33. The summed E-state index contributed by atoms with van der Waals surface area (Å²) < 4.78 is 4.48. The van der Waals surface area contributed by atoms with Crippen molar-refractivity contribution in [3.05, 3.63) is 58.1 Å². The molecule has 0 atom stereocenters. The normalized spacial score (nSPS) is 11.5. The third-order valence-corrected chi connectivity index (χ3v) is 4.29. The molecule has 1 aromatic carbocycles. The predicted octanol–water partition coefficient (Wildman–Crippen LogP) is 3.36. The Labute approximate surface area is 141 Å². The SMILES string of the molecule is CCN(Cc1ccccc1)Cn1nc2nc(C)cc(C)n2c1=S. The Morgan fingerprint density at radius 1 is 1.17 bits per heavy atom. The lowest BCUT2D eigenvalue weighted by atomic mass is 10.2. The Balaban J connectivity index is 1.89. The van der Waals surface area contributed by atoms with Crippen molar-refractivity contribution < 1.29 is 0 Å². The highest BCUT2D eigenvalue weighted by molar-refractivity contribution is 7.71. The van der Waals surface area contributed by atoms with E-state index >= 15 is 0 Å². The van der Waals surface area contributed by atoms with Crippen LogP contribution in [0.3, 0.4) is 0 Å². The van der Waals surface area contributed by atoms with Gasteiger partial charge in [0.2, 0.25) is 4.77 Å². The van der Waals surface area contributed by atoms with Crippen molar-refractivity contribution in [3.63, 3.8) is 0 Å². The molecule has 0 unspecified atom stereocenters. The number of nitrogens with zero attached hydrogens (tertiary/aromatic N) is 5. The van der Waals surface area contributed by atoms with Crippen LogP contribution in [-0.2, 0) is 13.2 Å². The van der Waals surface area contributed by atoms with E-state index in [0.717, 1.165) is 24.5 Å². The molecule has 0 aliphatic heterocycles. The van der Waals surface area contributed by atoms with E-state index in [-0.39, 0.29) is 0 Å². The number of hydrogen-bond acceptors (Lipinski definition) is 4. The van der Waals surface area contributed by atoms with Gasteiger partial charge < -0.3 is 0 Å². The van der Waals surface area contributed by atoms with E-state index < -0.39 is 0 Å². The maximum Gasteiger partial charge on any atom is 0.254 e. The minimum absolute atomic E-state index is 0.659. The second kappa shape index (κ2) is 6.60. The van der Waals surface area contributed by atoms with E-state index in [4.69, 9.17) is 12.2 Å². The second-order valence-electron chi connectivity index (χ2n) is 5.73. The Hall–Kier alpha value is -2.05. The van der Waals surface area contributed by atoms with Gasteiger partial charge in [-0.1, -0.05) is 37.3 Å². The summed E-state index contributed by atoms with van der Waals surface area (Å²) in [5.74, 6) is 0.670. The van der Waals surface area contributed by atoms with Gasteiger partial charge >= 0.3 is 0 Å². The number of aromatic nitrogens is 4. The molecule has 0 N–H and O–H groups in total. The molecule has 5 nitrogen and oxygen atoms in total. The molecular weight excluding hydrogens is 306 g/mol. The van der Waals surface area contributed by atoms with Crippen LogP contribution in [-0.4, -0.2) is 30.6 Å². The van der Waals surface area contributed by atoms with Crippen LogP contribution in [0.2, 0.25) is 0 Å². The van der Waals surface area contributed by atoms with E-state index in [9.17, 15) is 0 Å². The van der Waals surface area contributed by atoms with Crippen LogP contribution in [0, 0.1) is 18.6 Å². The van der Waals surface area contributed by atoms with Crippen molar-refractivity contribution in [2.45, 2.75) is 34.0 Å². The van der Waals surface area contributed by atoms with Gasteiger partial charge in [-0.15, -0.1) is 5.10 Å². The second-order valence-corrected chi connectivity index (χ2v) is 6.09. The molecule has 0 saturated carbocycles. The maximum atomic E-state index is 5.59. The molecule has 0 saturated heterocycles. The molecule has 3 rings (SSSR count). The zero-order valence-corrected chi connectivity index (χ0v) is 14.5. The maximum absolute atomic E-state index is 5.59. The quantitative estimate of drug-likeness (QED) is 0.674. The fraction of sp³-hybridized carbons (Fsp3) is 0.353. The molecule has 0 spiro atoms. The van der Waals surface area contributed by atoms with E-state index in [1.165, 1.54) is 5.56 Å². The average Bonchev–Trinajstić information content (AvgIpc) is 2.83. The molecule has 0 radical (unpaired) electrons. The van der Waals surface area contributed by atoms with Crippen molar-refractivity contribution in [2.75, 3.05) is 6.54 Å². The number of hydrogen-bond donors (Lipinski definition) is 0. The zero-order valence-electron chi connectivity index (χ0n) is 13.7. The van der Waals surface area contributed by atoms with E-state index in [0.29, 0.717) is 17.2 Å². The smallest absolute Gasteiger partial charge is 0.254 e. The summed E-state index contributed by atoms with van der Waals surface area (Å²) in [6.45, 7) is 8.62. The largest absolute Gasteiger partial charge is 0.280 e. The number of fused-ring (bicyclic) bond motifs is 1. The number of benzene rings is 1. The highest BCUT2D eigenvalue weighted by atomic mass is 32.1. The van der Waals surface area contributed by atoms with Crippen molar-refractivity contribution in [1.29, 1.82) is 0 Å². The molecule has 2 heterocycles. The van der Waals surface area contributed by atoms with Crippen LogP contribution < -0.4 is 0 Å². The van der Waals surface area contributed by atoms with Crippen molar-refractivity contribution in [2.24, 2.45) is 0 Å². The molecule has 0 aliphatic carbocycles. The summed E-state index contributed by atoms with van der Waals surface area (Å²) in [6.07, 6.45) is 0. The standard InChI is InChI=1S/C17H21N5S/c1-4-20(11-15-8-6-5-7-9-15)12-21-17(23)22-14(3)10-13(2)18-16(22)19-21/h5-10H,4,11-12H2,1-3H3. The van der Waals surface area contributed by atoms with Gasteiger partial charge in [0.05, 0.1) is 6.67 Å². The van der Waals surface area contributed by atoms with Gasteiger partial charge in [-0.2, -0.15) is 0 Å². The Kier molecular flexibility index (Phi) is 4.54. The van der Waals surface area contributed by atoms with Crippen LogP contribution in [0.4, 0.5) is 0 Å². The fourth-order valence-electron chi connectivity index (χ4n) is 2.72. The molecule has 0 bridgehead atoms. The molecule has 120 valence electrons. The summed E-state index contributed by atoms with van der Waals surface area (Å²) in [5, 5.41) is 4.59. The third-order valence-electron chi connectivity index (χ3n) is 3.90. The predicted molar refractivity (Wildman–Crippen MR) is 93.8 cm³/mol. The van der Waals surface area contributed by atoms with Gasteiger partial charge in [-0.05, 0) is 44.2 Å². The van der Waals surface area contributed by atoms with Crippen molar-refractivity contribution >= 4 is 18.0 Å². The first-order valence-corrected chi connectivity index (χ1v) is 8.19. The summed E-state index contributed by atoms with van der Waals surface area (Å²) in [5.41, 5.74) is 3.31. The first-order valence-electron chi connectivity index (χ1n) is 7.78. The van der Waals surface area contributed by atoms with Crippen LogP contribution >= 0.6 is 12.2 Å². The van der Waals surface area contributed by atoms with E-state index in [1.807, 2.05) is 35.1 Å². The number of aryl methyl sites for hydroxylation is 2. The Morgan fingerprint density at radius 3 is 2.61 bits per heavy atom. The van der Waals surface area contributed by atoms with Gasteiger partial charge in [-0.3, -0.25) is 9.30 Å². The van der Waals surface area contributed by atoms with Crippen LogP contribution in [0.5, 0.6) is 0 Å². The minimum Gasteiger partial charge on any atom is -0.280 e. The molecule has 3 aromatic rings. The highest BCUT2D eigenvalue weighted by Gasteiger charge is 2.11. The lowest BCUT2D eigenvalue weighted by Gasteiger charge is -2.20. The monoisotopic (exact) mass is 327 g/mol. The molecule has 0 aliphatic rings. The first kappa shape index (κ1) is 15.8. The van der Waals surface area contributed by atoms with Gasteiger partial charge in [0.25, 0.3) is 5.78 Å². The summed E-state index contributed by atoms with van der Waals surface area (Å²) >= 11 is 5.59. The average molecular weight is 327 g/mol. The molecule has 2 aromatic heterocycles. The molecule has 0 amide bonds. The van der Waals surface area contributed by atoms with Crippen molar-refractivity contribution in [1.82, 2.24) is 24.1 Å². The van der Waals surface area contributed by atoms with Crippen LogP contribution in [0.15, 0.2) is 36.4 Å². The fourth-order valence-corrected chi connectivity index (χ4v) is 3.04. The minimum atomic E-state index is 0.659. The molecular formula is C17H21N5S. The van der Waals surface area contributed by atoms with Crippen molar-refractivity contribution in [3.8, 4) is 0 Å². The highest BCUT2D eigenvalue weighted by Crippen LogP contribution is 2.10. The summed E-state index contributed by atoms with van der Waals surface area (Å²) in [7, 11) is 0. The van der Waals surface area contributed by atoms with E-state index in [2.05, 4.69) is 46.2 Å². The molecule has 23 heavy (non-hydrogen) atoms. The first-order chi connectivity index (χ1) is 11.1. The summed E-state index contributed by atoms with van der Waals surface area (Å²) in [6, 6.07) is 12.5. The Morgan fingerprint density at radius 2 is 1.91 bits per heavy atom. The lowest BCUT2D eigenvalue weighted by Crippen LogP contribution is -2.26. The number of rotatable bonds is 5. The lowest BCUT2D eigenvalue weighted by molar-refractivity contribution is 0.208. The molecule has 6 heteroatoms. The van der Waals surface area contributed by atoms with Gasteiger partial charge in [0.1, 0.15) is 0 Å². The van der Waals surface area contributed by atoms with Crippen LogP contribution in [0.1, 0.15) is 23.9 Å².